The molecule has 1 amide bonds. The molecule has 0 aliphatic carbocycles. The first-order chi connectivity index (χ1) is 13.0. The Morgan fingerprint density at radius 2 is 2.04 bits per heavy atom. The second-order valence-corrected chi connectivity index (χ2v) is 7.62. The fraction of sp³-hybridized carbons (Fsp3) is 0.158. The van der Waals surface area contributed by atoms with Crippen molar-refractivity contribution in [1.29, 1.82) is 0 Å². The number of hydrogen-bond donors (Lipinski definition) is 1. The van der Waals surface area contributed by atoms with Gasteiger partial charge < -0.3 is 5.32 Å². The van der Waals surface area contributed by atoms with E-state index in [9.17, 15) is 13.6 Å². The molecule has 0 saturated carbocycles. The summed E-state index contributed by atoms with van der Waals surface area (Å²) in [5, 5.41) is 7.35. The SMILES string of the molecule is Cc1nn(-c2ccccc2Cl)c2c1C(c1ccc(F)cc1F)SCC(=O)N2. The molecule has 1 aliphatic heterocycles. The molecule has 0 saturated heterocycles. The fourth-order valence-corrected chi connectivity index (χ4v) is 4.57. The lowest BCUT2D eigenvalue weighted by atomic mass is 10.0. The zero-order valence-electron chi connectivity index (χ0n) is 14.2. The minimum absolute atomic E-state index is 0.137. The molecular weight excluding hydrogens is 392 g/mol. The molecule has 1 atom stereocenters. The Labute approximate surface area is 163 Å². The number of amides is 1. The number of benzene rings is 2. The summed E-state index contributed by atoms with van der Waals surface area (Å²) in [6, 6.07) is 10.6. The Morgan fingerprint density at radius 3 is 2.78 bits per heavy atom. The molecule has 4 rings (SSSR count). The van der Waals surface area contributed by atoms with E-state index in [4.69, 9.17) is 11.6 Å². The minimum atomic E-state index is -0.655. The van der Waals surface area contributed by atoms with E-state index in [-0.39, 0.29) is 11.7 Å². The van der Waals surface area contributed by atoms with Crippen LogP contribution in [0.25, 0.3) is 5.69 Å². The lowest BCUT2D eigenvalue weighted by Crippen LogP contribution is -2.16. The van der Waals surface area contributed by atoms with Gasteiger partial charge in [-0.1, -0.05) is 29.8 Å². The smallest absolute Gasteiger partial charge is 0.235 e. The standard InChI is InChI=1S/C19H14ClF2N3OS/c1-10-17-18(12-7-6-11(21)8-14(12)22)27-9-16(26)23-19(17)25(24-10)15-5-3-2-4-13(15)20/h2-8,18H,9H2,1H3,(H,23,26). The van der Waals surface area contributed by atoms with Crippen LogP contribution in [0.4, 0.5) is 14.6 Å². The van der Waals surface area contributed by atoms with Crippen molar-refractivity contribution in [3.8, 4) is 5.69 Å². The zero-order chi connectivity index (χ0) is 19.1. The number of para-hydroxylation sites is 1. The van der Waals surface area contributed by atoms with Crippen LogP contribution in [0.5, 0.6) is 0 Å². The van der Waals surface area contributed by atoms with Crippen molar-refractivity contribution in [1.82, 2.24) is 9.78 Å². The Bertz CT molecular complexity index is 1050. The third-order valence-corrected chi connectivity index (χ3v) is 5.90. The molecule has 2 heterocycles. The van der Waals surface area contributed by atoms with Gasteiger partial charge in [0.25, 0.3) is 0 Å². The highest BCUT2D eigenvalue weighted by molar-refractivity contribution is 8.00. The summed E-state index contributed by atoms with van der Waals surface area (Å²) in [6.07, 6.45) is 0. The highest BCUT2D eigenvalue weighted by atomic mass is 35.5. The third-order valence-electron chi connectivity index (χ3n) is 4.33. The number of nitrogens with zero attached hydrogens (tertiary/aromatic N) is 2. The predicted octanol–water partition coefficient (Wildman–Crippen LogP) is 4.89. The third kappa shape index (κ3) is 3.21. The highest BCUT2D eigenvalue weighted by Gasteiger charge is 2.32. The van der Waals surface area contributed by atoms with Gasteiger partial charge in [-0.3, -0.25) is 4.79 Å². The van der Waals surface area contributed by atoms with Crippen molar-refractivity contribution in [2.45, 2.75) is 12.2 Å². The molecule has 4 nitrogen and oxygen atoms in total. The first-order valence-electron chi connectivity index (χ1n) is 8.16. The number of aryl methyl sites for hydroxylation is 1. The van der Waals surface area contributed by atoms with Crippen LogP contribution in [0.2, 0.25) is 5.02 Å². The van der Waals surface area contributed by atoms with Crippen LogP contribution >= 0.6 is 23.4 Å². The van der Waals surface area contributed by atoms with Gasteiger partial charge in [-0.15, -0.1) is 11.8 Å². The van der Waals surface area contributed by atoms with Crippen LogP contribution in [0.3, 0.4) is 0 Å². The molecule has 1 unspecified atom stereocenters. The van der Waals surface area contributed by atoms with Crippen molar-refractivity contribution in [2.75, 3.05) is 11.1 Å². The lowest BCUT2D eigenvalue weighted by Gasteiger charge is -2.16. The first kappa shape index (κ1) is 18.0. The summed E-state index contributed by atoms with van der Waals surface area (Å²) in [5.74, 6) is -0.938. The molecule has 0 radical (unpaired) electrons. The molecule has 2 aromatic carbocycles. The van der Waals surface area contributed by atoms with Gasteiger partial charge >= 0.3 is 0 Å². The number of thioether (sulfide) groups is 1. The summed E-state index contributed by atoms with van der Waals surface area (Å²) in [5.41, 5.74) is 2.22. The van der Waals surface area contributed by atoms with Gasteiger partial charge in [0.05, 0.1) is 27.4 Å². The van der Waals surface area contributed by atoms with E-state index in [1.165, 1.54) is 23.9 Å². The molecule has 1 aliphatic rings. The number of nitrogens with one attached hydrogen (secondary N) is 1. The topological polar surface area (TPSA) is 46.9 Å². The first-order valence-corrected chi connectivity index (χ1v) is 9.59. The molecule has 0 spiro atoms. The average molecular weight is 406 g/mol. The maximum Gasteiger partial charge on any atom is 0.235 e. The molecule has 138 valence electrons. The predicted molar refractivity (Wildman–Crippen MR) is 103 cm³/mol. The van der Waals surface area contributed by atoms with E-state index < -0.39 is 16.9 Å². The maximum atomic E-state index is 14.5. The number of aromatic nitrogens is 2. The van der Waals surface area contributed by atoms with Crippen LogP contribution in [0.1, 0.15) is 22.1 Å². The number of carbonyl (C=O) groups is 1. The van der Waals surface area contributed by atoms with Gasteiger partial charge in [-0.05, 0) is 25.1 Å². The summed E-state index contributed by atoms with van der Waals surface area (Å²) in [7, 11) is 0. The summed E-state index contributed by atoms with van der Waals surface area (Å²) in [4.78, 5) is 12.3. The highest BCUT2D eigenvalue weighted by Crippen LogP contribution is 2.45. The van der Waals surface area contributed by atoms with Crippen molar-refractivity contribution in [3.05, 3.63) is 75.9 Å². The molecule has 8 heteroatoms. The van der Waals surface area contributed by atoms with Gasteiger partial charge in [0.1, 0.15) is 17.5 Å². The van der Waals surface area contributed by atoms with Crippen molar-refractivity contribution in [3.63, 3.8) is 0 Å². The second kappa shape index (κ2) is 6.98. The summed E-state index contributed by atoms with van der Waals surface area (Å²) >= 11 is 7.58. The number of halogens is 3. The van der Waals surface area contributed by atoms with Crippen LogP contribution in [0.15, 0.2) is 42.5 Å². The monoisotopic (exact) mass is 405 g/mol. The summed E-state index contributed by atoms with van der Waals surface area (Å²) < 4.78 is 29.4. The zero-order valence-corrected chi connectivity index (χ0v) is 15.7. The fourth-order valence-electron chi connectivity index (χ4n) is 3.14. The normalized spacial score (nSPS) is 16.6. The van der Waals surface area contributed by atoms with E-state index in [0.717, 1.165) is 6.07 Å². The molecule has 1 aromatic heterocycles. The number of fused-ring (bicyclic) bond motifs is 1. The van der Waals surface area contributed by atoms with Crippen molar-refractivity contribution < 1.29 is 13.6 Å². The van der Waals surface area contributed by atoms with Gasteiger partial charge in [-0.25, -0.2) is 13.5 Å². The molecular formula is C19H14ClF2N3OS. The van der Waals surface area contributed by atoms with Gasteiger partial charge in [0.15, 0.2) is 0 Å². The van der Waals surface area contributed by atoms with E-state index in [1.54, 1.807) is 29.8 Å². The van der Waals surface area contributed by atoms with Gasteiger partial charge in [0.2, 0.25) is 5.91 Å². The quantitative estimate of drug-likeness (QED) is 0.660. The molecule has 1 N–H and O–H groups in total. The molecule has 0 bridgehead atoms. The number of anilines is 1. The van der Waals surface area contributed by atoms with E-state index >= 15 is 0 Å². The minimum Gasteiger partial charge on any atom is -0.310 e. The Hall–Kier alpha value is -2.38. The van der Waals surface area contributed by atoms with Crippen molar-refractivity contribution in [2.24, 2.45) is 0 Å². The number of hydrogen-bond acceptors (Lipinski definition) is 3. The average Bonchev–Trinajstić information content (AvgIpc) is 2.82. The van der Waals surface area contributed by atoms with Crippen LogP contribution in [-0.4, -0.2) is 21.4 Å². The molecule has 27 heavy (non-hydrogen) atoms. The van der Waals surface area contributed by atoms with Crippen molar-refractivity contribution >= 4 is 35.1 Å². The largest absolute Gasteiger partial charge is 0.310 e. The van der Waals surface area contributed by atoms with E-state index in [1.807, 2.05) is 6.07 Å². The Kier molecular flexibility index (Phi) is 4.65. The van der Waals surface area contributed by atoms with Crippen LogP contribution in [0, 0.1) is 18.6 Å². The number of rotatable bonds is 2. The Morgan fingerprint density at radius 1 is 1.26 bits per heavy atom. The summed E-state index contributed by atoms with van der Waals surface area (Å²) in [6.45, 7) is 1.79. The lowest BCUT2D eigenvalue weighted by molar-refractivity contribution is -0.113. The van der Waals surface area contributed by atoms with E-state index in [2.05, 4.69) is 10.4 Å². The Balaban J connectivity index is 1.93. The van der Waals surface area contributed by atoms with E-state index in [0.29, 0.717) is 33.3 Å². The number of carbonyl (C=O) groups excluding carboxylic acids is 1. The maximum absolute atomic E-state index is 14.5. The molecule has 0 fully saturated rings. The second-order valence-electron chi connectivity index (χ2n) is 6.12. The van der Waals surface area contributed by atoms with Crippen LogP contribution < -0.4 is 5.32 Å². The van der Waals surface area contributed by atoms with Gasteiger partial charge in [-0.2, -0.15) is 5.10 Å². The van der Waals surface area contributed by atoms with Crippen LogP contribution in [-0.2, 0) is 4.79 Å². The van der Waals surface area contributed by atoms with Gasteiger partial charge in [0, 0.05) is 17.2 Å². The molecule has 3 aromatic rings.